The Morgan fingerprint density at radius 3 is 2.87 bits per heavy atom. The Morgan fingerprint density at radius 2 is 2.13 bits per heavy atom. The van der Waals surface area contributed by atoms with Crippen LogP contribution in [-0.2, 0) is 0 Å². The lowest BCUT2D eigenvalue weighted by atomic mass is 9.83. The van der Waals surface area contributed by atoms with Crippen LogP contribution in [0.3, 0.4) is 0 Å². The Bertz CT molecular complexity index is 177. The molecule has 0 aromatic rings. The van der Waals surface area contributed by atoms with E-state index in [1.165, 1.54) is 64.8 Å². The summed E-state index contributed by atoms with van der Waals surface area (Å²) in [6.45, 7) is 8.76. The average Bonchev–Trinajstić information content (AvgIpc) is 2.10. The van der Waals surface area contributed by atoms with Crippen LogP contribution in [0.25, 0.3) is 0 Å². The molecule has 0 aromatic carbocycles. The molecule has 1 aliphatic heterocycles. The van der Waals surface area contributed by atoms with Crippen LogP contribution in [0.4, 0.5) is 0 Å². The van der Waals surface area contributed by atoms with Crippen molar-refractivity contribution in [2.24, 2.45) is 11.8 Å². The molecular weight excluding hydrogens is 184 g/mol. The van der Waals surface area contributed by atoms with E-state index in [2.05, 4.69) is 17.1 Å². The van der Waals surface area contributed by atoms with E-state index in [1.807, 2.05) is 0 Å². The maximum absolute atomic E-state index is 3.52. The summed E-state index contributed by atoms with van der Waals surface area (Å²) in [7, 11) is 0. The highest BCUT2D eigenvalue weighted by atomic mass is 15.1. The Kier molecular flexibility index (Phi) is 4.45. The summed E-state index contributed by atoms with van der Waals surface area (Å²) < 4.78 is 0. The van der Waals surface area contributed by atoms with Gasteiger partial charge in [0.05, 0.1) is 0 Å². The van der Waals surface area contributed by atoms with Crippen LogP contribution in [0.1, 0.15) is 39.0 Å². The van der Waals surface area contributed by atoms with Crippen LogP contribution < -0.4 is 5.32 Å². The largest absolute Gasteiger partial charge is 0.316 e. The smallest absolute Gasteiger partial charge is 0.00192 e. The van der Waals surface area contributed by atoms with E-state index in [-0.39, 0.29) is 0 Å². The van der Waals surface area contributed by atoms with E-state index < -0.39 is 0 Å². The first-order valence-corrected chi connectivity index (χ1v) is 6.77. The predicted molar refractivity (Wildman–Crippen MR) is 65.0 cm³/mol. The van der Waals surface area contributed by atoms with Gasteiger partial charge in [0.25, 0.3) is 0 Å². The van der Waals surface area contributed by atoms with Crippen molar-refractivity contribution < 1.29 is 0 Å². The molecule has 0 aromatic heterocycles. The standard InChI is InChI=1S/C13H26N2/c1-12-10-14-7-3-8-15(11-12)9-6-13-4-2-5-13/h12-14H,2-11H2,1H3. The van der Waals surface area contributed by atoms with Crippen LogP contribution >= 0.6 is 0 Å². The van der Waals surface area contributed by atoms with Gasteiger partial charge in [-0.1, -0.05) is 26.2 Å². The van der Waals surface area contributed by atoms with Crippen molar-refractivity contribution in [3.8, 4) is 0 Å². The van der Waals surface area contributed by atoms with Gasteiger partial charge >= 0.3 is 0 Å². The molecule has 0 bridgehead atoms. The van der Waals surface area contributed by atoms with Crippen LogP contribution in [0.15, 0.2) is 0 Å². The zero-order valence-corrected chi connectivity index (χ0v) is 10.2. The molecular formula is C13H26N2. The lowest BCUT2D eigenvalue weighted by molar-refractivity contribution is 0.182. The molecule has 0 amide bonds. The lowest BCUT2D eigenvalue weighted by Gasteiger charge is -2.32. The molecule has 2 fully saturated rings. The van der Waals surface area contributed by atoms with E-state index in [4.69, 9.17) is 0 Å². The number of hydrogen-bond donors (Lipinski definition) is 1. The van der Waals surface area contributed by atoms with Crippen molar-refractivity contribution in [3.05, 3.63) is 0 Å². The van der Waals surface area contributed by atoms with Gasteiger partial charge < -0.3 is 10.2 Å². The second-order valence-corrected chi connectivity index (χ2v) is 5.55. The summed E-state index contributed by atoms with van der Waals surface area (Å²) in [6, 6.07) is 0. The third kappa shape index (κ3) is 3.76. The van der Waals surface area contributed by atoms with Crippen molar-refractivity contribution in [1.82, 2.24) is 10.2 Å². The highest BCUT2D eigenvalue weighted by Gasteiger charge is 2.19. The Morgan fingerprint density at radius 1 is 1.27 bits per heavy atom. The molecule has 15 heavy (non-hydrogen) atoms. The first-order valence-electron chi connectivity index (χ1n) is 6.77. The molecule has 2 heteroatoms. The summed E-state index contributed by atoms with van der Waals surface area (Å²) in [5.41, 5.74) is 0. The van der Waals surface area contributed by atoms with E-state index >= 15 is 0 Å². The van der Waals surface area contributed by atoms with E-state index in [0.29, 0.717) is 0 Å². The minimum absolute atomic E-state index is 0.826. The monoisotopic (exact) mass is 210 g/mol. The molecule has 88 valence electrons. The molecule has 2 aliphatic rings. The Balaban J connectivity index is 1.67. The third-order valence-corrected chi connectivity index (χ3v) is 3.97. The molecule has 1 saturated heterocycles. The summed E-state index contributed by atoms with van der Waals surface area (Å²) >= 11 is 0. The van der Waals surface area contributed by atoms with Gasteiger partial charge in [-0.2, -0.15) is 0 Å². The number of hydrogen-bond acceptors (Lipinski definition) is 2. The van der Waals surface area contributed by atoms with Crippen LogP contribution in [0.2, 0.25) is 0 Å². The first kappa shape index (κ1) is 11.4. The molecule has 1 saturated carbocycles. The second-order valence-electron chi connectivity index (χ2n) is 5.55. The SMILES string of the molecule is CC1CNCCCN(CCC2CCC2)C1. The average molecular weight is 210 g/mol. The lowest BCUT2D eigenvalue weighted by Crippen LogP contribution is -2.39. The molecule has 1 aliphatic carbocycles. The number of nitrogens with one attached hydrogen (secondary N) is 1. The summed E-state index contributed by atoms with van der Waals surface area (Å²) in [4.78, 5) is 2.70. The Hall–Kier alpha value is -0.0800. The van der Waals surface area contributed by atoms with Gasteiger partial charge in [0.1, 0.15) is 0 Å². The summed E-state index contributed by atoms with van der Waals surface area (Å²) in [5.74, 6) is 1.90. The maximum atomic E-state index is 3.52. The highest BCUT2D eigenvalue weighted by Crippen LogP contribution is 2.29. The van der Waals surface area contributed by atoms with Gasteiger partial charge in [0.2, 0.25) is 0 Å². The fourth-order valence-electron chi connectivity index (χ4n) is 2.72. The molecule has 1 unspecified atom stereocenters. The van der Waals surface area contributed by atoms with Gasteiger partial charge in [-0.05, 0) is 50.9 Å². The van der Waals surface area contributed by atoms with Crippen LogP contribution in [0, 0.1) is 11.8 Å². The first-order chi connectivity index (χ1) is 7.34. The minimum Gasteiger partial charge on any atom is -0.316 e. The second kappa shape index (κ2) is 5.86. The molecule has 2 nitrogen and oxygen atoms in total. The van der Waals surface area contributed by atoms with Crippen molar-refractivity contribution in [2.45, 2.75) is 39.0 Å². The van der Waals surface area contributed by atoms with Gasteiger partial charge in [-0.25, -0.2) is 0 Å². The Labute approximate surface area is 94.4 Å². The van der Waals surface area contributed by atoms with Gasteiger partial charge in [-0.3, -0.25) is 0 Å². The van der Waals surface area contributed by atoms with Crippen molar-refractivity contribution in [1.29, 1.82) is 0 Å². The minimum atomic E-state index is 0.826. The van der Waals surface area contributed by atoms with Gasteiger partial charge in [-0.15, -0.1) is 0 Å². The molecule has 2 rings (SSSR count). The summed E-state index contributed by atoms with van der Waals surface area (Å²) in [5, 5.41) is 3.52. The number of rotatable bonds is 3. The normalized spacial score (nSPS) is 30.6. The van der Waals surface area contributed by atoms with Crippen LogP contribution in [0.5, 0.6) is 0 Å². The molecule has 1 atom stereocenters. The molecule has 0 spiro atoms. The topological polar surface area (TPSA) is 15.3 Å². The van der Waals surface area contributed by atoms with Crippen molar-refractivity contribution >= 4 is 0 Å². The fourth-order valence-corrected chi connectivity index (χ4v) is 2.72. The van der Waals surface area contributed by atoms with Gasteiger partial charge in [0, 0.05) is 6.54 Å². The molecule has 1 N–H and O–H groups in total. The van der Waals surface area contributed by atoms with Gasteiger partial charge in [0.15, 0.2) is 0 Å². The predicted octanol–water partition coefficient (Wildman–Crippen LogP) is 2.11. The van der Waals surface area contributed by atoms with Crippen LogP contribution in [-0.4, -0.2) is 37.6 Å². The summed E-state index contributed by atoms with van der Waals surface area (Å²) in [6.07, 6.45) is 7.29. The quantitative estimate of drug-likeness (QED) is 0.767. The maximum Gasteiger partial charge on any atom is 0.00192 e. The molecule has 0 radical (unpaired) electrons. The highest BCUT2D eigenvalue weighted by molar-refractivity contribution is 4.74. The third-order valence-electron chi connectivity index (χ3n) is 3.97. The number of nitrogens with zero attached hydrogens (tertiary/aromatic N) is 1. The zero-order chi connectivity index (χ0) is 10.5. The van der Waals surface area contributed by atoms with Crippen molar-refractivity contribution in [2.75, 3.05) is 32.7 Å². The van der Waals surface area contributed by atoms with Crippen molar-refractivity contribution in [3.63, 3.8) is 0 Å². The van der Waals surface area contributed by atoms with E-state index in [9.17, 15) is 0 Å². The zero-order valence-electron chi connectivity index (χ0n) is 10.2. The fraction of sp³-hybridized carbons (Fsp3) is 1.00. The van der Waals surface area contributed by atoms with E-state index in [1.54, 1.807) is 0 Å². The molecule has 1 heterocycles. The van der Waals surface area contributed by atoms with E-state index in [0.717, 1.165) is 11.8 Å².